The molecule has 0 saturated heterocycles. The Labute approximate surface area is 248 Å². The van der Waals surface area contributed by atoms with Gasteiger partial charge in [0, 0.05) is 40.5 Å². The lowest BCUT2D eigenvalue weighted by atomic mass is 9.87. The van der Waals surface area contributed by atoms with Crippen molar-refractivity contribution >= 4 is 29.1 Å². The van der Waals surface area contributed by atoms with Crippen LogP contribution >= 0.6 is 11.6 Å². The van der Waals surface area contributed by atoms with Gasteiger partial charge in [-0.1, -0.05) is 57.3 Å². The molecule has 3 aromatic carbocycles. The Bertz CT molecular complexity index is 1380. The zero-order valence-corrected chi connectivity index (χ0v) is 25.3. The summed E-state index contributed by atoms with van der Waals surface area (Å²) in [5.41, 5.74) is 10.1. The van der Waals surface area contributed by atoms with Gasteiger partial charge in [-0.3, -0.25) is 9.59 Å². The minimum atomic E-state index is -0.216. The van der Waals surface area contributed by atoms with E-state index in [9.17, 15) is 9.59 Å². The van der Waals surface area contributed by atoms with Crippen molar-refractivity contribution in [1.82, 2.24) is 4.90 Å². The van der Waals surface area contributed by atoms with Gasteiger partial charge in [0.15, 0.2) is 11.5 Å². The van der Waals surface area contributed by atoms with Gasteiger partial charge in [0.05, 0.1) is 14.2 Å². The molecule has 2 unspecified atom stereocenters. The number of anilines is 1. The number of nitrogens with one attached hydrogen (secondary N) is 1. The average Bonchev–Trinajstić information content (AvgIpc) is 2.96. The van der Waals surface area contributed by atoms with Crippen LogP contribution in [0.3, 0.4) is 0 Å². The number of halogens is 1. The minimum absolute atomic E-state index is 0.00121. The first-order valence-corrected chi connectivity index (χ1v) is 14.4. The molecule has 41 heavy (non-hydrogen) atoms. The van der Waals surface area contributed by atoms with E-state index in [1.165, 1.54) is 0 Å². The van der Waals surface area contributed by atoms with Crippen molar-refractivity contribution in [3.05, 3.63) is 87.9 Å². The molecule has 1 aliphatic rings. The maximum atomic E-state index is 14.0. The van der Waals surface area contributed by atoms with Crippen molar-refractivity contribution in [2.24, 2.45) is 5.73 Å². The molecule has 0 aromatic heterocycles. The molecule has 4 rings (SSSR count). The summed E-state index contributed by atoms with van der Waals surface area (Å²) >= 11 is 6.65. The molecule has 8 heteroatoms. The molecule has 7 nitrogen and oxygen atoms in total. The highest BCUT2D eigenvalue weighted by molar-refractivity contribution is 6.31. The number of nitrogens with two attached hydrogens (primary N) is 1. The Morgan fingerprint density at radius 1 is 0.927 bits per heavy atom. The van der Waals surface area contributed by atoms with Gasteiger partial charge < -0.3 is 25.4 Å². The molecule has 2 atom stereocenters. The molecule has 2 amide bonds. The van der Waals surface area contributed by atoms with Crippen molar-refractivity contribution in [3.8, 4) is 11.5 Å². The van der Waals surface area contributed by atoms with E-state index in [0.717, 1.165) is 36.8 Å². The van der Waals surface area contributed by atoms with Gasteiger partial charge in [-0.05, 0) is 77.9 Å². The van der Waals surface area contributed by atoms with Crippen LogP contribution in [0.2, 0.25) is 5.02 Å². The van der Waals surface area contributed by atoms with Crippen molar-refractivity contribution in [1.29, 1.82) is 0 Å². The van der Waals surface area contributed by atoms with Crippen LogP contribution in [0.1, 0.15) is 78.3 Å². The molecule has 0 spiro atoms. The highest BCUT2D eigenvalue weighted by Gasteiger charge is 2.32. The van der Waals surface area contributed by atoms with E-state index in [0.29, 0.717) is 33.3 Å². The maximum absolute atomic E-state index is 14.0. The first-order valence-electron chi connectivity index (χ1n) is 14.0. The van der Waals surface area contributed by atoms with Crippen LogP contribution < -0.4 is 20.5 Å². The lowest BCUT2D eigenvalue weighted by Gasteiger charge is -2.39. The maximum Gasteiger partial charge on any atom is 0.255 e. The number of carbonyl (C=O) groups is 2. The number of benzene rings is 3. The Hall–Kier alpha value is -3.55. The summed E-state index contributed by atoms with van der Waals surface area (Å²) in [7, 11) is 3.10. The lowest BCUT2D eigenvalue weighted by Crippen LogP contribution is -2.51. The van der Waals surface area contributed by atoms with Gasteiger partial charge >= 0.3 is 0 Å². The first-order chi connectivity index (χ1) is 19.5. The van der Waals surface area contributed by atoms with Crippen molar-refractivity contribution in [2.45, 2.75) is 70.5 Å². The van der Waals surface area contributed by atoms with Crippen LogP contribution in [0.25, 0.3) is 0 Å². The van der Waals surface area contributed by atoms with Crippen LogP contribution in [-0.2, 0) is 12.0 Å². The van der Waals surface area contributed by atoms with E-state index in [4.69, 9.17) is 26.8 Å². The number of hydrogen-bond acceptors (Lipinski definition) is 5. The highest BCUT2D eigenvalue weighted by atomic mass is 35.5. The highest BCUT2D eigenvalue weighted by Crippen LogP contribution is 2.32. The molecular formula is C33H40ClN3O4. The zero-order valence-electron chi connectivity index (χ0n) is 24.5. The number of carbonyl (C=O) groups excluding carboxylic acids is 2. The van der Waals surface area contributed by atoms with Crippen molar-refractivity contribution in [2.75, 3.05) is 19.5 Å². The molecule has 218 valence electrons. The second-order valence-corrected chi connectivity index (χ2v) is 12.0. The first kappa shape index (κ1) is 30.4. The van der Waals surface area contributed by atoms with Crippen molar-refractivity contribution < 1.29 is 19.1 Å². The summed E-state index contributed by atoms with van der Waals surface area (Å²) < 4.78 is 10.8. The molecule has 1 saturated carbocycles. The zero-order chi connectivity index (χ0) is 29.7. The second kappa shape index (κ2) is 13.0. The Morgan fingerprint density at radius 2 is 1.59 bits per heavy atom. The summed E-state index contributed by atoms with van der Waals surface area (Å²) in [6.07, 6.45) is 3.68. The molecule has 1 fully saturated rings. The van der Waals surface area contributed by atoms with Crippen LogP contribution in [0, 0.1) is 0 Å². The van der Waals surface area contributed by atoms with Crippen LogP contribution in [0.4, 0.5) is 5.69 Å². The van der Waals surface area contributed by atoms with E-state index in [2.05, 4.69) is 26.1 Å². The Balaban J connectivity index is 1.60. The van der Waals surface area contributed by atoms with Gasteiger partial charge in [0.2, 0.25) is 0 Å². The summed E-state index contributed by atoms with van der Waals surface area (Å²) in [5, 5.41) is 3.48. The SMILES string of the molecule is COc1ccc(C(=O)N(Cc2cc(NC(=O)c3ccc(C(C)(C)C)cc3)ccc2Cl)C2CCCCC2N)cc1OC. The van der Waals surface area contributed by atoms with E-state index in [1.54, 1.807) is 44.6 Å². The van der Waals surface area contributed by atoms with Crippen LogP contribution in [-0.4, -0.2) is 43.0 Å². The number of hydrogen-bond donors (Lipinski definition) is 2. The number of rotatable bonds is 8. The summed E-state index contributed by atoms with van der Waals surface area (Å²) in [6.45, 7) is 6.65. The monoisotopic (exact) mass is 577 g/mol. The molecule has 0 heterocycles. The van der Waals surface area contributed by atoms with E-state index in [-0.39, 0.29) is 35.9 Å². The fourth-order valence-electron chi connectivity index (χ4n) is 5.28. The lowest BCUT2D eigenvalue weighted by molar-refractivity contribution is 0.0583. The third-order valence-corrected chi connectivity index (χ3v) is 8.10. The summed E-state index contributed by atoms with van der Waals surface area (Å²) in [5.74, 6) is 0.637. The van der Waals surface area contributed by atoms with Gasteiger partial charge in [-0.2, -0.15) is 0 Å². The summed E-state index contributed by atoms with van der Waals surface area (Å²) in [4.78, 5) is 28.8. The second-order valence-electron chi connectivity index (χ2n) is 11.6. The van der Waals surface area contributed by atoms with E-state index < -0.39 is 0 Å². The van der Waals surface area contributed by atoms with Crippen LogP contribution in [0.5, 0.6) is 11.5 Å². The Kier molecular flexibility index (Phi) is 9.61. The number of amides is 2. The molecule has 3 aromatic rings. The fourth-order valence-corrected chi connectivity index (χ4v) is 5.46. The molecule has 0 radical (unpaired) electrons. The third kappa shape index (κ3) is 7.21. The van der Waals surface area contributed by atoms with Crippen LogP contribution in [0.15, 0.2) is 60.7 Å². The number of ether oxygens (including phenoxy) is 2. The quantitative estimate of drug-likeness (QED) is 0.306. The van der Waals surface area contributed by atoms with Crippen molar-refractivity contribution in [3.63, 3.8) is 0 Å². The van der Waals surface area contributed by atoms with Gasteiger partial charge in [-0.25, -0.2) is 0 Å². The largest absolute Gasteiger partial charge is 0.493 e. The van der Waals surface area contributed by atoms with Gasteiger partial charge in [-0.15, -0.1) is 0 Å². The molecular weight excluding hydrogens is 538 g/mol. The van der Waals surface area contributed by atoms with E-state index in [1.807, 2.05) is 35.2 Å². The molecule has 0 bridgehead atoms. The predicted octanol–water partition coefficient (Wildman–Crippen LogP) is 6.82. The molecule has 3 N–H and O–H groups in total. The number of methoxy groups -OCH3 is 2. The topological polar surface area (TPSA) is 93.9 Å². The molecule has 0 aliphatic heterocycles. The number of nitrogens with zero attached hydrogens (tertiary/aromatic N) is 1. The normalized spacial score (nSPS) is 17.0. The third-order valence-electron chi connectivity index (χ3n) is 7.73. The summed E-state index contributed by atoms with van der Waals surface area (Å²) in [6, 6.07) is 17.8. The van der Waals surface area contributed by atoms with E-state index >= 15 is 0 Å². The molecule has 1 aliphatic carbocycles. The average molecular weight is 578 g/mol. The van der Waals surface area contributed by atoms with Gasteiger partial charge in [0.1, 0.15) is 0 Å². The standard InChI is InChI=1S/C33H40ClN3O4/c1-33(2,3)24-13-10-21(11-14-24)31(38)36-25-15-16-26(34)23(18-25)20-37(28-9-7-6-8-27(28)35)32(39)22-12-17-29(40-4)30(19-22)41-5/h10-19,27-28H,6-9,20,35H2,1-5H3,(H,36,38). The fraction of sp³-hybridized carbons (Fsp3) is 0.394. The smallest absolute Gasteiger partial charge is 0.255 e. The Morgan fingerprint density at radius 3 is 2.22 bits per heavy atom. The minimum Gasteiger partial charge on any atom is -0.493 e. The predicted molar refractivity (Wildman–Crippen MR) is 164 cm³/mol. The van der Waals surface area contributed by atoms with Gasteiger partial charge in [0.25, 0.3) is 11.8 Å².